The Balaban J connectivity index is 1.49. The summed E-state index contributed by atoms with van der Waals surface area (Å²) in [5.74, 6) is -0.205. The Kier molecular flexibility index (Phi) is 8.62. The smallest absolute Gasteiger partial charge is 0.341 e. The molecular weight excluding hydrogens is 509 g/mol. The molecule has 1 amide bonds. The average Bonchev–Trinajstić information content (AvgIpc) is 3.43. The summed E-state index contributed by atoms with van der Waals surface area (Å²) in [6, 6.07) is 8.65. The highest BCUT2D eigenvalue weighted by Crippen LogP contribution is 2.37. The first-order valence-corrected chi connectivity index (χ1v) is 14.2. The van der Waals surface area contributed by atoms with Gasteiger partial charge in [0.15, 0.2) is 12.5 Å². The van der Waals surface area contributed by atoms with E-state index in [9.17, 15) is 14.2 Å². The van der Waals surface area contributed by atoms with Crippen LogP contribution in [0.2, 0.25) is 0 Å². The number of hydrogen-bond acceptors (Lipinski definition) is 6. The number of phosphoric ester groups is 1. The molecule has 0 saturated heterocycles. The summed E-state index contributed by atoms with van der Waals surface area (Å²) in [7, 11) is -2.92. The number of aromatic nitrogens is 4. The number of amides is 1. The number of rotatable bonds is 10. The third-order valence-corrected chi connectivity index (χ3v) is 7.61. The summed E-state index contributed by atoms with van der Waals surface area (Å²) >= 11 is 0. The zero-order chi connectivity index (χ0) is 27.4. The first kappa shape index (κ1) is 27.9. The number of carbonyl (C=O) groups is 2. The minimum absolute atomic E-state index is 0.0186. The van der Waals surface area contributed by atoms with Crippen molar-refractivity contribution in [3.63, 3.8) is 0 Å². The number of Topliss-reactive ketones (excluding diaryl/α,β-unsaturated/α-hetero) is 1. The van der Waals surface area contributed by atoms with Crippen molar-refractivity contribution in [2.75, 3.05) is 0 Å². The summed E-state index contributed by atoms with van der Waals surface area (Å²) in [6.07, 6.45) is 6.83. The second-order valence-corrected chi connectivity index (χ2v) is 11.1. The van der Waals surface area contributed by atoms with Gasteiger partial charge in [-0.05, 0) is 49.8 Å². The van der Waals surface area contributed by atoms with E-state index in [0.717, 1.165) is 48.8 Å². The van der Waals surface area contributed by atoms with E-state index in [1.165, 1.54) is 9.36 Å². The monoisotopic (exact) mass is 543 g/mol. The first-order valence-electron chi connectivity index (χ1n) is 12.7. The van der Waals surface area contributed by atoms with Gasteiger partial charge < -0.3 is 15.1 Å². The summed E-state index contributed by atoms with van der Waals surface area (Å²) in [4.78, 5) is 44.4. The van der Waals surface area contributed by atoms with Crippen LogP contribution in [0.3, 0.4) is 0 Å². The van der Waals surface area contributed by atoms with Crippen LogP contribution in [-0.4, -0.2) is 47.1 Å². The number of carbonyl (C=O) groups excluding carboxylic acids is 2. The summed E-state index contributed by atoms with van der Waals surface area (Å²) in [6.45, 7) is 3.25. The summed E-state index contributed by atoms with van der Waals surface area (Å²) in [5.41, 5.74) is 4.35. The van der Waals surface area contributed by atoms with Gasteiger partial charge in [0.2, 0.25) is 0 Å². The second-order valence-electron chi connectivity index (χ2n) is 9.82. The molecule has 11 nitrogen and oxygen atoms in total. The molecule has 0 spiro atoms. The van der Waals surface area contributed by atoms with Crippen molar-refractivity contribution >= 4 is 19.5 Å². The van der Waals surface area contributed by atoms with Gasteiger partial charge in [-0.25, -0.2) is 9.25 Å². The van der Waals surface area contributed by atoms with Crippen molar-refractivity contribution in [1.29, 1.82) is 0 Å². The Labute approximate surface area is 221 Å². The molecule has 0 bridgehead atoms. The van der Waals surface area contributed by atoms with Gasteiger partial charge >= 0.3 is 7.82 Å². The predicted octanol–water partition coefficient (Wildman–Crippen LogP) is 3.46. The van der Waals surface area contributed by atoms with E-state index in [0.29, 0.717) is 17.1 Å². The van der Waals surface area contributed by atoms with Gasteiger partial charge in [-0.15, -0.1) is 0 Å². The van der Waals surface area contributed by atoms with Gasteiger partial charge in [0, 0.05) is 30.9 Å². The van der Waals surface area contributed by atoms with Crippen molar-refractivity contribution in [2.45, 2.75) is 65.1 Å². The second kappa shape index (κ2) is 11.7. The fraction of sp³-hybridized carbons (Fsp3) is 0.462. The van der Waals surface area contributed by atoms with Crippen LogP contribution in [-0.2, 0) is 34.1 Å². The van der Waals surface area contributed by atoms with E-state index in [2.05, 4.69) is 20.0 Å². The Morgan fingerprint density at radius 2 is 1.82 bits per heavy atom. The van der Waals surface area contributed by atoms with Gasteiger partial charge in [-0.3, -0.25) is 18.8 Å². The van der Waals surface area contributed by atoms with Crippen LogP contribution >= 0.6 is 7.82 Å². The van der Waals surface area contributed by atoms with Gasteiger partial charge in [-0.2, -0.15) is 10.2 Å². The molecule has 1 aromatic carbocycles. The van der Waals surface area contributed by atoms with Gasteiger partial charge in [0.1, 0.15) is 5.69 Å². The van der Waals surface area contributed by atoms with E-state index >= 15 is 0 Å². The summed E-state index contributed by atoms with van der Waals surface area (Å²) < 4.78 is 18.6. The molecule has 3 N–H and O–H groups in total. The Hall–Kier alpha value is -3.11. The zero-order valence-electron chi connectivity index (χ0n) is 21.8. The van der Waals surface area contributed by atoms with Crippen LogP contribution in [0.25, 0.3) is 11.1 Å². The van der Waals surface area contributed by atoms with Crippen molar-refractivity contribution in [3.8, 4) is 11.1 Å². The van der Waals surface area contributed by atoms with Crippen molar-refractivity contribution in [1.82, 2.24) is 24.9 Å². The number of nitrogens with zero attached hydrogens (tertiary/aromatic N) is 4. The highest BCUT2D eigenvalue weighted by molar-refractivity contribution is 7.46. The third kappa shape index (κ3) is 6.66. The highest BCUT2D eigenvalue weighted by Gasteiger charge is 2.31. The van der Waals surface area contributed by atoms with Crippen LogP contribution < -0.4 is 5.32 Å². The van der Waals surface area contributed by atoms with Crippen LogP contribution in [0.4, 0.5) is 0 Å². The third-order valence-electron chi connectivity index (χ3n) is 7.16. The Bertz CT molecular complexity index is 1340. The molecule has 3 aromatic rings. The molecule has 1 saturated carbocycles. The maximum atomic E-state index is 13.5. The van der Waals surface area contributed by atoms with Crippen molar-refractivity contribution < 1.29 is 28.5 Å². The lowest BCUT2D eigenvalue weighted by Gasteiger charge is -2.30. The number of aryl methyl sites for hydroxylation is 2. The van der Waals surface area contributed by atoms with Gasteiger partial charge in [0.05, 0.1) is 11.7 Å². The zero-order valence-corrected chi connectivity index (χ0v) is 22.7. The molecule has 1 atom stereocenters. The lowest BCUT2D eigenvalue weighted by molar-refractivity contribution is -0.121. The normalized spacial score (nSPS) is 15.4. The molecule has 1 aliphatic rings. The molecule has 0 radical (unpaired) electrons. The fourth-order valence-electron chi connectivity index (χ4n) is 5.21. The van der Waals surface area contributed by atoms with E-state index in [4.69, 9.17) is 9.79 Å². The summed E-state index contributed by atoms with van der Waals surface area (Å²) in [5, 5.41) is 11.4. The molecule has 2 heterocycles. The molecule has 4 rings (SSSR count). The van der Waals surface area contributed by atoms with E-state index in [-0.39, 0.29) is 30.8 Å². The number of benzene rings is 1. The van der Waals surface area contributed by atoms with Crippen LogP contribution in [0, 0.1) is 19.8 Å². The maximum Gasteiger partial charge on any atom is 0.471 e. The Morgan fingerprint density at radius 3 is 2.42 bits per heavy atom. The van der Waals surface area contributed by atoms with Gasteiger partial charge in [-0.1, -0.05) is 43.5 Å². The molecule has 1 fully saturated rings. The maximum absolute atomic E-state index is 13.5. The molecule has 204 valence electrons. The average molecular weight is 544 g/mol. The number of hydrogen-bond donors (Lipinski definition) is 3. The van der Waals surface area contributed by atoms with Crippen LogP contribution in [0.15, 0.2) is 36.5 Å². The minimum atomic E-state index is -4.62. The SMILES string of the molecule is Cc1nn(COP(=O)(O)O)c(C)c1-c1ccc(CC(=O)[C@@H](NC(=O)c2ccnn2C)C2CCCCC2)cc1. The van der Waals surface area contributed by atoms with Gasteiger partial charge in [0.25, 0.3) is 5.91 Å². The predicted molar refractivity (Wildman–Crippen MR) is 140 cm³/mol. The lowest BCUT2D eigenvalue weighted by Crippen LogP contribution is -2.47. The van der Waals surface area contributed by atoms with Crippen LogP contribution in [0.1, 0.15) is 59.5 Å². The molecule has 0 unspecified atom stereocenters. The molecule has 0 aliphatic heterocycles. The van der Waals surface area contributed by atoms with Crippen molar-refractivity contribution in [2.24, 2.45) is 13.0 Å². The van der Waals surface area contributed by atoms with Crippen molar-refractivity contribution in [3.05, 3.63) is 59.2 Å². The Morgan fingerprint density at radius 1 is 1.13 bits per heavy atom. The topological polar surface area (TPSA) is 149 Å². The molecule has 1 aliphatic carbocycles. The standard InChI is InChI=1S/C26H34N5O6P/c1-17-24(18(2)31(29-17)16-37-38(34,35)36)20-11-9-19(10-12-20)15-23(32)25(21-7-5-4-6-8-21)28-26(33)22-13-14-27-30(22)3/h9-14,21,25H,4-8,15-16H2,1-3H3,(H,28,33)(H2,34,35,36)/t25-/m0/s1. The fourth-order valence-corrected chi connectivity index (χ4v) is 5.47. The van der Waals surface area contributed by atoms with Crippen LogP contribution in [0.5, 0.6) is 0 Å². The first-order chi connectivity index (χ1) is 18.0. The number of phosphoric acid groups is 1. The molecule has 12 heteroatoms. The highest BCUT2D eigenvalue weighted by atomic mass is 31.2. The minimum Gasteiger partial charge on any atom is -0.341 e. The quantitative estimate of drug-likeness (QED) is 0.329. The molecule has 2 aromatic heterocycles. The van der Waals surface area contributed by atoms with E-state index in [1.54, 1.807) is 26.2 Å². The largest absolute Gasteiger partial charge is 0.471 e. The van der Waals surface area contributed by atoms with E-state index in [1.807, 2.05) is 31.2 Å². The van der Waals surface area contributed by atoms with E-state index < -0.39 is 13.9 Å². The number of nitrogens with one attached hydrogen (secondary N) is 1. The molecule has 38 heavy (non-hydrogen) atoms. The number of ketones is 1. The molecular formula is C26H34N5O6P. The lowest BCUT2D eigenvalue weighted by atomic mass is 9.81.